The van der Waals surface area contributed by atoms with E-state index in [0.717, 1.165) is 36.9 Å². The van der Waals surface area contributed by atoms with Gasteiger partial charge in [-0.1, -0.05) is 41.4 Å². The maximum atomic E-state index is 11.5. The number of hydrogen-bond acceptors (Lipinski definition) is 2. The molecule has 1 amide bonds. The molecule has 1 aliphatic rings. The summed E-state index contributed by atoms with van der Waals surface area (Å²) in [5.74, 6) is 0.762. The molecule has 110 valence electrons. The van der Waals surface area contributed by atoms with Crippen LogP contribution in [0.3, 0.4) is 0 Å². The van der Waals surface area contributed by atoms with E-state index < -0.39 is 0 Å². The van der Waals surface area contributed by atoms with Crippen molar-refractivity contribution in [3.63, 3.8) is 0 Å². The summed E-state index contributed by atoms with van der Waals surface area (Å²) in [5, 5.41) is 3.66. The van der Waals surface area contributed by atoms with E-state index in [2.05, 4.69) is 52.4 Å². The van der Waals surface area contributed by atoms with Crippen LogP contribution in [0.25, 0.3) is 0 Å². The summed E-state index contributed by atoms with van der Waals surface area (Å²) in [4.78, 5) is 13.5. The molecule has 0 bridgehead atoms. The monoisotopic (exact) mass is 338 g/mol. The maximum Gasteiger partial charge on any atom is 0.219 e. The number of benzene rings is 1. The molecule has 0 aliphatic carbocycles. The highest BCUT2D eigenvalue weighted by molar-refractivity contribution is 9.10. The second-order valence-electron chi connectivity index (χ2n) is 5.54. The van der Waals surface area contributed by atoms with Crippen LogP contribution in [0.15, 0.2) is 28.7 Å². The van der Waals surface area contributed by atoms with Crippen molar-refractivity contribution in [2.24, 2.45) is 5.92 Å². The lowest BCUT2D eigenvalue weighted by Gasteiger charge is -2.38. The fourth-order valence-corrected chi connectivity index (χ4v) is 3.12. The van der Waals surface area contributed by atoms with Crippen LogP contribution in [0.1, 0.15) is 32.3 Å². The SMILES string of the molecule is CC[C@H]1CN(C(C)=O)CC[C@@H]1NCc1ccc(Br)cc1. The van der Waals surface area contributed by atoms with E-state index >= 15 is 0 Å². The van der Waals surface area contributed by atoms with Gasteiger partial charge in [-0.25, -0.2) is 0 Å². The molecule has 4 heteroatoms. The number of carbonyl (C=O) groups is 1. The molecule has 0 unspecified atom stereocenters. The van der Waals surface area contributed by atoms with E-state index in [1.807, 2.05) is 4.90 Å². The molecule has 2 rings (SSSR count). The molecule has 20 heavy (non-hydrogen) atoms. The first-order valence-corrected chi connectivity index (χ1v) is 8.12. The van der Waals surface area contributed by atoms with Gasteiger partial charge in [-0.3, -0.25) is 4.79 Å². The summed E-state index contributed by atoms with van der Waals surface area (Å²) in [6, 6.07) is 8.95. The Morgan fingerprint density at radius 2 is 2.10 bits per heavy atom. The molecule has 1 heterocycles. The Balaban J connectivity index is 1.89. The van der Waals surface area contributed by atoms with Gasteiger partial charge in [0, 0.05) is 37.1 Å². The van der Waals surface area contributed by atoms with Gasteiger partial charge >= 0.3 is 0 Å². The highest BCUT2D eigenvalue weighted by atomic mass is 79.9. The van der Waals surface area contributed by atoms with Crippen molar-refractivity contribution in [2.45, 2.75) is 39.3 Å². The van der Waals surface area contributed by atoms with E-state index in [4.69, 9.17) is 0 Å². The predicted molar refractivity (Wildman–Crippen MR) is 85.4 cm³/mol. The number of nitrogens with zero attached hydrogens (tertiary/aromatic N) is 1. The van der Waals surface area contributed by atoms with Crippen LogP contribution in [0.5, 0.6) is 0 Å². The Hall–Kier alpha value is -0.870. The first-order valence-electron chi connectivity index (χ1n) is 7.33. The quantitative estimate of drug-likeness (QED) is 0.914. The van der Waals surface area contributed by atoms with Crippen molar-refractivity contribution in [3.8, 4) is 0 Å². The topological polar surface area (TPSA) is 32.3 Å². The van der Waals surface area contributed by atoms with Gasteiger partial charge in [0.2, 0.25) is 5.91 Å². The van der Waals surface area contributed by atoms with E-state index in [1.165, 1.54) is 5.56 Å². The Morgan fingerprint density at radius 1 is 1.40 bits per heavy atom. The van der Waals surface area contributed by atoms with Crippen molar-refractivity contribution >= 4 is 21.8 Å². The van der Waals surface area contributed by atoms with Crippen LogP contribution in [-0.2, 0) is 11.3 Å². The summed E-state index contributed by atoms with van der Waals surface area (Å²) in [7, 11) is 0. The Labute approximate surface area is 129 Å². The molecule has 3 nitrogen and oxygen atoms in total. The van der Waals surface area contributed by atoms with Crippen LogP contribution in [0.2, 0.25) is 0 Å². The molecule has 1 saturated heterocycles. The maximum absolute atomic E-state index is 11.5. The predicted octanol–water partition coefficient (Wildman–Crippen LogP) is 3.19. The van der Waals surface area contributed by atoms with Gasteiger partial charge in [0.15, 0.2) is 0 Å². The van der Waals surface area contributed by atoms with E-state index in [0.29, 0.717) is 12.0 Å². The molecular formula is C16H23BrN2O. The highest BCUT2D eigenvalue weighted by Gasteiger charge is 2.28. The molecule has 1 N–H and O–H groups in total. The van der Waals surface area contributed by atoms with Crippen LogP contribution in [-0.4, -0.2) is 29.9 Å². The molecule has 1 aliphatic heterocycles. The van der Waals surface area contributed by atoms with E-state index in [-0.39, 0.29) is 5.91 Å². The molecule has 1 aromatic rings. The molecule has 1 aromatic carbocycles. The minimum atomic E-state index is 0.204. The second kappa shape index (κ2) is 7.23. The molecule has 1 fully saturated rings. The Bertz CT molecular complexity index is 446. The van der Waals surface area contributed by atoms with Gasteiger partial charge in [0.05, 0.1) is 0 Å². The lowest BCUT2D eigenvalue weighted by Crippen LogP contribution is -2.50. The lowest BCUT2D eigenvalue weighted by molar-refractivity contribution is -0.131. The zero-order valence-electron chi connectivity index (χ0n) is 12.2. The molecule has 0 aromatic heterocycles. The molecule has 0 saturated carbocycles. The van der Waals surface area contributed by atoms with E-state index in [1.54, 1.807) is 6.92 Å². The van der Waals surface area contributed by atoms with Crippen molar-refractivity contribution in [1.29, 1.82) is 0 Å². The van der Waals surface area contributed by atoms with E-state index in [9.17, 15) is 4.79 Å². The fourth-order valence-electron chi connectivity index (χ4n) is 2.85. The zero-order valence-corrected chi connectivity index (χ0v) is 13.8. The van der Waals surface area contributed by atoms with Crippen molar-refractivity contribution in [3.05, 3.63) is 34.3 Å². The number of amides is 1. The number of carbonyl (C=O) groups excluding carboxylic acids is 1. The Morgan fingerprint density at radius 3 is 2.70 bits per heavy atom. The van der Waals surface area contributed by atoms with Crippen LogP contribution in [0.4, 0.5) is 0 Å². The number of hydrogen-bond donors (Lipinski definition) is 1. The third-order valence-corrected chi connectivity index (χ3v) is 4.71. The summed E-state index contributed by atoms with van der Waals surface area (Å²) >= 11 is 3.46. The minimum Gasteiger partial charge on any atom is -0.343 e. The first kappa shape index (κ1) is 15.5. The second-order valence-corrected chi connectivity index (χ2v) is 6.45. The third-order valence-electron chi connectivity index (χ3n) is 4.19. The standard InChI is InChI=1S/C16H23BrN2O/c1-3-14-11-19(12(2)20)9-8-16(14)18-10-13-4-6-15(17)7-5-13/h4-7,14,16,18H,3,8-11H2,1-2H3/t14-,16-/m0/s1. The first-order chi connectivity index (χ1) is 9.60. The highest BCUT2D eigenvalue weighted by Crippen LogP contribution is 2.21. The average Bonchev–Trinajstić information content (AvgIpc) is 2.46. The molecule has 0 spiro atoms. The van der Waals surface area contributed by atoms with Gasteiger partial charge < -0.3 is 10.2 Å². The number of rotatable bonds is 4. The van der Waals surface area contributed by atoms with Gasteiger partial charge in [0.25, 0.3) is 0 Å². The van der Waals surface area contributed by atoms with Crippen molar-refractivity contribution < 1.29 is 4.79 Å². The number of piperidine rings is 1. The Kier molecular flexibility index (Phi) is 5.61. The van der Waals surface area contributed by atoms with Crippen molar-refractivity contribution in [2.75, 3.05) is 13.1 Å². The molecular weight excluding hydrogens is 316 g/mol. The minimum absolute atomic E-state index is 0.204. The molecule has 2 atom stereocenters. The number of halogens is 1. The van der Waals surface area contributed by atoms with Gasteiger partial charge in [-0.05, 0) is 30.0 Å². The summed E-state index contributed by atoms with van der Waals surface area (Å²) in [5.41, 5.74) is 1.30. The molecule has 0 radical (unpaired) electrons. The lowest BCUT2D eigenvalue weighted by atomic mass is 9.89. The third kappa shape index (κ3) is 4.06. The van der Waals surface area contributed by atoms with Gasteiger partial charge in [0.1, 0.15) is 0 Å². The van der Waals surface area contributed by atoms with Crippen molar-refractivity contribution in [1.82, 2.24) is 10.2 Å². The summed E-state index contributed by atoms with van der Waals surface area (Å²) < 4.78 is 1.11. The smallest absolute Gasteiger partial charge is 0.219 e. The number of likely N-dealkylation sites (tertiary alicyclic amines) is 1. The van der Waals surface area contributed by atoms with Crippen LogP contribution in [0, 0.1) is 5.92 Å². The summed E-state index contributed by atoms with van der Waals surface area (Å²) in [6.45, 7) is 6.55. The summed E-state index contributed by atoms with van der Waals surface area (Å²) in [6.07, 6.45) is 2.16. The average molecular weight is 339 g/mol. The zero-order chi connectivity index (χ0) is 14.5. The largest absolute Gasteiger partial charge is 0.343 e. The van der Waals surface area contributed by atoms with Crippen LogP contribution >= 0.6 is 15.9 Å². The normalized spacial score (nSPS) is 22.9. The van der Waals surface area contributed by atoms with Gasteiger partial charge in [-0.15, -0.1) is 0 Å². The van der Waals surface area contributed by atoms with Crippen LogP contribution < -0.4 is 5.32 Å². The number of nitrogens with one attached hydrogen (secondary N) is 1. The van der Waals surface area contributed by atoms with Gasteiger partial charge in [-0.2, -0.15) is 0 Å². The fraction of sp³-hybridized carbons (Fsp3) is 0.562.